The molecule has 0 aliphatic carbocycles. The normalized spacial score (nSPS) is 10.9. The summed E-state index contributed by atoms with van der Waals surface area (Å²) in [5.74, 6) is 1.51. The van der Waals surface area contributed by atoms with Crippen LogP contribution in [0.15, 0.2) is 40.9 Å². The second-order valence-electron chi connectivity index (χ2n) is 5.81. The van der Waals surface area contributed by atoms with Gasteiger partial charge in [0.2, 0.25) is 0 Å². The fourth-order valence-electron chi connectivity index (χ4n) is 2.33. The quantitative estimate of drug-likeness (QED) is 0.602. The van der Waals surface area contributed by atoms with Crippen LogP contribution >= 0.6 is 27.5 Å². The Kier molecular flexibility index (Phi) is 7.40. The molecule has 0 radical (unpaired) electrons. The van der Waals surface area contributed by atoms with Crippen LogP contribution < -0.4 is 14.8 Å². The van der Waals surface area contributed by atoms with Gasteiger partial charge in [0.05, 0.1) is 13.2 Å². The van der Waals surface area contributed by atoms with Gasteiger partial charge in [0.15, 0.2) is 11.5 Å². The molecule has 3 nitrogen and oxygen atoms in total. The molecule has 2 aromatic rings. The number of benzene rings is 2. The van der Waals surface area contributed by atoms with Gasteiger partial charge in [-0.25, -0.2) is 0 Å². The molecule has 0 spiro atoms. The second kappa shape index (κ2) is 9.30. The third kappa shape index (κ3) is 5.69. The van der Waals surface area contributed by atoms with Gasteiger partial charge in [0, 0.05) is 16.0 Å². The average molecular weight is 413 g/mol. The summed E-state index contributed by atoms with van der Waals surface area (Å²) in [6.45, 7) is 5.65. The Morgan fingerprint density at radius 1 is 1.12 bits per heavy atom. The molecular weight excluding hydrogens is 390 g/mol. The highest BCUT2D eigenvalue weighted by Gasteiger charge is 2.11. The van der Waals surface area contributed by atoms with Crippen molar-refractivity contribution in [2.75, 3.05) is 13.7 Å². The van der Waals surface area contributed by atoms with E-state index in [2.05, 4.69) is 33.4 Å². The van der Waals surface area contributed by atoms with Gasteiger partial charge < -0.3 is 14.8 Å². The lowest BCUT2D eigenvalue weighted by Crippen LogP contribution is -2.17. The Labute approximate surface area is 157 Å². The number of hydrogen-bond donors (Lipinski definition) is 1. The Bertz CT molecular complexity index is 659. The topological polar surface area (TPSA) is 30.5 Å². The van der Waals surface area contributed by atoms with Gasteiger partial charge in [-0.3, -0.25) is 0 Å². The summed E-state index contributed by atoms with van der Waals surface area (Å²) >= 11 is 9.52. The van der Waals surface area contributed by atoms with Crippen LogP contribution in [0, 0.1) is 0 Å². The lowest BCUT2D eigenvalue weighted by molar-refractivity contribution is 0.230. The van der Waals surface area contributed by atoms with E-state index >= 15 is 0 Å². The van der Waals surface area contributed by atoms with Crippen molar-refractivity contribution in [3.05, 3.63) is 57.0 Å². The fraction of sp³-hybridized carbons (Fsp3) is 0.368. The number of rotatable bonds is 8. The van der Waals surface area contributed by atoms with Gasteiger partial charge >= 0.3 is 0 Å². The van der Waals surface area contributed by atoms with Crippen LogP contribution in [0.2, 0.25) is 5.02 Å². The van der Waals surface area contributed by atoms with E-state index in [1.165, 1.54) is 5.56 Å². The summed E-state index contributed by atoms with van der Waals surface area (Å²) in [7, 11) is 1.66. The first kappa shape index (κ1) is 19.1. The second-order valence-corrected chi connectivity index (χ2v) is 7.11. The van der Waals surface area contributed by atoms with Crippen LogP contribution in [-0.4, -0.2) is 19.8 Å². The van der Waals surface area contributed by atoms with Crippen LogP contribution in [0.1, 0.15) is 25.0 Å². The van der Waals surface area contributed by atoms with E-state index in [0.29, 0.717) is 0 Å². The van der Waals surface area contributed by atoms with E-state index in [9.17, 15) is 0 Å². The van der Waals surface area contributed by atoms with Gasteiger partial charge in [0.25, 0.3) is 0 Å². The largest absolute Gasteiger partial charge is 0.493 e. The van der Waals surface area contributed by atoms with E-state index in [-0.39, 0.29) is 6.10 Å². The summed E-state index contributed by atoms with van der Waals surface area (Å²) in [4.78, 5) is 0. The van der Waals surface area contributed by atoms with Crippen molar-refractivity contribution in [1.29, 1.82) is 0 Å². The standard InChI is InChI=1S/C19H23BrClNO2/c1-13(2)24-19-11-17(20)15(10-18(19)23-3)12-22-9-8-14-4-6-16(21)7-5-14/h4-7,10-11,13,22H,8-9,12H2,1-3H3. The Morgan fingerprint density at radius 2 is 1.83 bits per heavy atom. The molecule has 0 saturated heterocycles. The first-order valence-electron chi connectivity index (χ1n) is 7.98. The third-order valence-electron chi connectivity index (χ3n) is 3.51. The maximum Gasteiger partial charge on any atom is 0.162 e. The molecule has 0 atom stereocenters. The number of hydrogen-bond acceptors (Lipinski definition) is 3. The maximum absolute atomic E-state index is 5.90. The molecular formula is C19H23BrClNO2. The first-order valence-corrected chi connectivity index (χ1v) is 9.15. The highest BCUT2D eigenvalue weighted by atomic mass is 79.9. The maximum atomic E-state index is 5.90. The highest BCUT2D eigenvalue weighted by molar-refractivity contribution is 9.10. The number of ether oxygens (including phenoxy) is 2. The predicted octanol–water partition coefficient (Wildman–Crippen LogP) is 5.23. The van der Waals surface area contributed by atoms with Gasteiger partial charge in [0.1, 0.15) is 0 Å². The third-order valence-corrected chi connectivity index (χ3v) is 4.50. The molecule has 130 valence electrons. The Balaban J connectivity index is 1.93. The zero-order valence-electron chi connectivity index (χ0n) is 14.2. The molecule has 0 aliphatic heterocycles. The molecule has 0 aromatic heterocycles. The van der Waals surface area contributed by atoms with Crippen LogP contribution in [0.4, 0.5) is 0 Å². The molecule has 0 saturated carbocycles. The van der Waals surface area contributed by atoms with Crippen molar-refractivity contribution in [2.24, 2.45) is 0 Å². The molecule has 0 aliphatic rings. The number of halogens is 2. The molecule has 2 rings (SSSR count). The van der Waals surface area contributed by atoms with Gasteiger partial charge in [-0.1, -0.05) is 39.7 Å². The highest BCUT2D eigenvalue weighted by Crippen LogP contribution is 2.34. The number of nitrogens with one attached hydrogen (secondary N) is 1. The molecule has 0 amide bonds. The van der Waals surface area contributed by atoms with E-state index in [0.717, 1.165) is 46.1 Å². The van der Waals surface area contributed by atoms with E-state index in [1.807, 2.05) is 38.1 Å². The minimum Gasteiger partial charge on any atom is -0.493 e. The summed E-state index contributed by atoms with van der Waals surface area (Å²) in [6, 6.07) is 11.9. The van der Waals surface area contributed by atoms with Crippen molar-refractivity contribution in [2.45, 2.75) is 32.9 Å². The molecule has 0 fully saturated rings. The van der Waals surface area contributed by atoms with Crippen molar-refractivity contribution in [3.8, 4) is 11.5 Å². The van der Waals surface area contributed by atoms with Gasteiger partial charge in [-0.15, -0.1) is 0 Å². The molecule has 0 bridgehead atoms. The lowest BCUT2D eigenvalue weighted by Gasteiger charge is -2.16. The van der Waals surface area contributed by atoms with Crippen molar-refractivity contribution < 1.29 is 9.47 Å². The summed E-state index contributed by atoms with van der Waals surface area (Å²) < 4.78 is 12.2. The van der Waals surface area contributed by atoms with Crippen LogP contribution in [-0.2, 0) is 13.0 Å². The van der Waals surface area contributed by atoms with Gasteiger partial charge in [-0.05, 0) is 62.2 Å². The molecule has 5 heteroatoms. The monoisotopic (exact) mass is 411 g/mol. The summed E-state index contributed by atoms with van der Waals surface area (Å²) in [5, 5.41) is 4.23. The predicted molar refractivity (Wildman–Crippen MR) is 103 cm³/mol. The molecule has 0 heterocycles. The molecule has 24 heavy (non-hydrogen) atoms. The Morgan fingerprint density at radius 3 is 2.46 bits per heavy atom. The molecule has 1 N–H and O–H groups in total. The first-order chi connectivity index (χ1) is 11.5. The van der Waals surface area contributed by atoms with E-state index in [4.69, 9.17) is 21.1 Å². The SMILES string of the molecule is COc1cc(CNCCc2ccc(Cl)cc2)c(Br)cc1OC(C)C. The van der Waals surface area contributed by atoms with Crippen molar-refractivity contribution in [3.63, 3.8) is 0 Å². The van der Waals surface area contributed by atoms with Crippen molar-refractivity contribution in [1.82, 2.24) is 5.32 Å². The number of methoxy groups -OCH3 is 1. The van der Waals surface area contributed by atoms with E-state index in [1.54, 1.807) is 7.11 Å². The molecule has 2 aromatic carbocycles. The molecule has 0 unspecified atom stereocenters. The zero-order chi connectivity index (χ0) is 17.5. The zero-order valence-corrected chi connectivity index (χ0v) is 16.6. The van der Waals surface area contributed by atoms with Crippen molar-refractivity contribution >= 4 is 27.5 Å². The summed E-state index contributed by atoms with van der Waals surface area (Å²) in [5.41, 5.74) is 2.41. The van der Waals surface area contributed by atoms with Crippen LogP contribution in [0.5, 0.6) is 11.5 Å². The minimum absolute atomic E-state index is 0.106. The lowest BCUT2D eigenvalue weighted by atomic mass is 10.1. The van der Waals surface area contributed by atoms with Gasteiger partial charge in [-0.2, -0.15) is 0 Å². The van der Waals surface area contributed by atoms with Crippen LogP contribution in [0.25, 0.3) is 0 Å². The minimum atomic E-state index is 0.106. The summed E-state index contributed by atoms with van der Waals surface area (Å²) in [6.07, 6.45) is 1.06. The Hall–Kier alpha value is -1.23. The average Bonchev–Trinajstić information content (AvgIpc) is 2.54. The smallest absolute Gasteiger partial charge is 0.162 e. The fourth-order valence-corrected chi connectivity index (χ4v) is 2.91. The van der Waals surface area contributed by atoms with E-state index < -0.39 is 0 Å². The van der Waals surface area contributed by atoms with Crippen LogP contribution in [0.3, 0.4) is 0 Å².